The smallest absolute Gasteiger partial charge is 0.264 e. The summed E-state index contributed by atoms with van der Waals surface area (Å²) in [5.41, 5.74) is 0.687. The second-order valence-corrected chi connectivity index (χ2v) is 11.9. The molecule has 3 aromatic carbocycles. The minimum atomic E-state index is -4.30. The Hall–Kier alpha value is -3.63. The van der Waals surface area contributed by atoms with Crippen molar-refractivity contribution in [3.63, 3.8) is 0 Å². The third kappa shape index (κ3) is 8.20. The molecule has 0 saturated carbocycles. The lowest BCUT2D eigenvalue weighted by atomic mass is 10.1. The maximum absolute atomic E-state index is 14.0. The highest BCUT2D eigenvalue weighted by Crippen LogP contribution is 2.27. The van der Waals surface area contributed by atoms with Crippen LogP contribution in [0.3, 0.4) is 0 Å². The first-order chi connectivity index (χ1) is 19.5. The van der Waals surface area contributed by atoms with Crippen LogP contribution in [0.2, 0.25) is 5.02 Å². The first kappa shape index (κ1) is 31.9. The van der Waals surface area contributed by atoms with Gasteiger partial charge in [-0.1, -0.05) is 36.7 Å². The van der Waals surface area contributed by atoms with Crippen LogP contribution >= 0.6 is 11.6 Å². The number of carbonyl (C=O) groups excluding carboxylic acids is 2. The molecule has 8 nitrogen and oxygen atoms in total. The van der Waals surface area contributed by atoms with Gasteiger partial charge in [-0.05, 0) is 87.4 Å². The van der Waals surface area contributed by atoms with Crippen LogP contribution in [-0.4, -0.2) is 50.4 Å². The summed E-state index contributed by atoms with van der Waals surface area (Å²) in [5, 5.41) is 3.25. The van der Waals surface area contributed by atoms with Gasteiger partial charge in [0.15, 0.2) is 0 Å². The molecule has 0 saturated heterocycles. The van der Waals surface area contributed by atoms with Crippen molar-refractivity contribution in [2.75, 3.05) is 17.5 Å². The molecule has 41 heavy (non-hydrogen) atoms. The summed E-state index contributed by atoms with van der Waals surface area (Å²) in [6, 6.07) is 16.5. The number of rotatable bonds is 13. The number of ether oxygens (including phenoxy) is 1. The van der Waals surface area contributed by atoms with Crippen molar-refractivity contribution < 1.29 is 27.1 Å². The van der Waals surface area contributed by atoms with Crippen LogP contribution in [0.1, 0.15) is 39.7 Å². The van der Waals surface area contributed by atoms with Crippen LogP contribution in [0.4, 0.5) is 10.1 Å². The molecule has 0 bridgehead atoms. The number of halogens is 2. The zero-order valence-electron chi connectivity index (χ0n) is 23.5. The topological polar surface area (TPSA) is 96.0 Å². The Balaban J connectivity index is 2.06. The predicted molar refractivity (Wildman–Crippen MR) is 158 cm³/mol. The van der Waals surface area contributed by atoms with Gasteiger partial charge >= 0.3 is 0 Å². The molecule has 1 unspecified atom stereocenters. The molecule has 3 aromatic rings. The highest BCUT2D eigenvalue weighted by atomic mass is 35.5. The second kappa shape index (κ2) is 14.3. The van der Waals surface area contributed by atoms with E-state index in [-0.39, 0.29) is 35.5 Å². The van der Waals surface area contributed by atoms with Crippen molar-refractivity contribution >= 4 is 39.1 Å². The number of carbonyl (C=O) groups is 2. The standard InChI is InChI=1S/C30H35ClFN3O5S/c1-5-28(30(37)33-21(3)4)34(19-22-9-7-8-10-27(22)31)29(36)20-35(24-13-11-23(32)12-14-24)41(38,39)26-17-15-25(16-18-26)40-6-2/h7-18,21,28H,5-6,19-20H2,1-4H3,(H,33,37). The Kier molecular flexibility index (Phi) is 11.1. The van der Waals surface area contributed by atoms with Crippen molar-refractivity contribution in [2.24, 2.45) is 0 Å². The van der Waals surface area contributed by atoms with Gasteiger partial charge in [0.05, 0.1) is 17.2 Å². The molecular weight excluding hydrogens is 569 g/mol. The molecule has 3 rings (SSSR count). The van der Waals surface area contributed by atoms with E-state index < -0.39 is 34.3 Å². The van der Waals surface area contributed by atoms with E-state index in [0.29, 0.717) is 22.9 Å². The SMILES string of the molecule is CCOc1ccc(S(=O)(=O)N(CC(=O)N(Cc2ccccc2Cl)C(CC)C(=O)NC(C)C)c2ccc(F)cc2)cc1. The monoisotopic (exact) mass is 603 g/mol. The lowest BCUT2D eigenvalue weighted by Crippen LogP contribution is -2.53. The van der Waals surface area contributed by atoms with Crippen molar-refractivity contribution in [3.8, 4) is 5.75 Å². The van der Waals surface area contributed by atoms with E-state index in [0.717, 1.165) is 16.4 Å². The third-order valence-corrected chi connectivity index (χ3v) is 8.39. The summed E-state index contributed by atoms with van der Waals surface area (Å²) < 4.78 is 47.9. The van der Waals surface area contributed by atoms with Gasteiger partial charge in [0.25, 0.3) is 10.0 Å². The van der Waals surface area contributed by atoms with Gasteiger partial charge in [-0.3, -0.25) is 13.9 Å². The second-order valence-electron chi connectivity index (χ2n) is 9.59. The van der Waals surface area contributed by atoms with E-state index in [4.69, 9.17) is 16.3 Å². The number of hydrogen-bond acceptors (Lipinski definition) is 5. The van der Waals surface area contributed by atoms with Crippen molar-refractivity contribution in [2.45, 2.75) is 57.6 Å². The summed E-state index contributed by atoms with van der Waals surface area (Å²) in [7, 11) is -4.30. The molecule has 0 aromatic heterocycles. The summed E-state index contributed by atoms with van der Waals surface area (Å²) in [4.78, 5) is 28.5. The predicted octanol–water partition coefficient (Wildman–Crippen LogP) is 5.41. The maximum atomic E-state index is 14.0. The highest BCUT2D eigenvalue weighted by molar-refractivity contribution is 7.92. The number of nitrogens with zero attached hydrogens (tertiary/aromatic N) is 2. The van der Waals surface area contributed by atoms with E-state index in [1.807, 2.05) is 20.8 Å². The van der Waals surface area contributed by atoms with Crippen LogP contribution in [0.25, 0.3) is 0 Å². The number of anilines is 1. The lowest BCUT2D eigenvalue weighted by Gasteiger charge is -2.33. The van der Waals surface area contributed by atoms with Crippen LogP contribution in [0.5, 0.6) is 5.75 Å². The molecular formula is C30H35ClFN3O5S. The minimum absolute atomic E-state index is 0.0249. The first-order valence-electron chi connectivity index (χ1n) is 13.3. The molecule has 0 fully saturated rings. The van der Waals surface area contributed by atoms with E-state index >= 15 is 0 Å². The average molecular weight is 604 g/mol. The number of nitrogens with one attached hydrogen (secondary N) is 1. The fourth-order valence-electron chi connectivity index (χ4n) is 4.25. The van der Waals surface area contributed by atoms with Crippen molar-refractivity contribution in [1.29, 1.82) is 0 Å². The highest BCUT2D eigenvalue weighted by Gasteiger charge is 2.34. The van der Waals surface area contributed by atoms with Crippen molar-refractivity contribution in [3.05, 3.63) is 89.2 Å². The molecule has 220 valence electrons. The molecule has 0 spiro atoms. The Bertz CT molecular complexity index is 1430. The largest absolute Gasteiger partial charge is 0.494 e. The van der Waals surface area contributed by atoms with Crippen LogP contribution in [0, 0.1) is 5.82 Å². The quantitative estimate of drug-likeness (QED) is 0.282. The molecule has 1 atom stereocenters. The third-order valence-electron chi connectivity index (χ3n) is 6.23. The number of hydrogen-bond donors (Lipinski definition) is 1. The number of sulfonamides is 1. The zero-order chi connectivity index (χ0) is 30.2. The molecule has 2 amide bonds. The van der Waals surface area contributed by atoms with Gasteiger partial charge in [0.1, 0.15) is 24.2 Å². The molecule has 1 N–H and O–H groups in total. The van der Waals surface area contributed by atoms with E-state index in [1.165, 1.54) is 41.3 Å². The van der Waals surface area contributed by atoms with Gasteiger partial charge < -0.3 is 15.0 Å². The van der Waals surface area contributed by atoms with Crippen LogP contribution in [0.15, 0.2) is 77.7 Å². The molecule has 0 aliphatic heterocycles. The Morgan fingerprint density at radius 1 is 0.976 bits per heavy atom. The molecule has 0 heterocycles. The van der Waals surface area contributed by atoms with Gasteiger partial charge in [-0.15, -0.1) is 0 Å². The van der Waals surface area contributed by atoms with Gasteiger partial charge in [0, 0.05) is 17.6 Å². The number of benzene rings is 3. The van der Waals surface area contributed by atoms with Gasteiger partial charge in [0.2, 0.25) is 11.8 Å². The van der Waals surface area contributed by atoms with Crippen molar-refractivity contribution in [1.82, 2.24) is 10.2 Å². The van der Waals surface area contributed by atoms with Crippen LogP contribution in [-0.2, 0) is 26.2 Å². The average Bonchev–Trinajstić information content (AvgIpc) is 2.93. The van der Waals surface area contributed by atoms with Gasteiger partial charge in [-0.2, -0.15) is 0 Å². The molecule has 11 heteroatoms. The minimum Gasteiger partial charge on any atom is -0.494 e. The lowest BCUT2D eigenvalue weighted by molar-refractivity contribution is -0.140. The summed E-state index contributed by atoms with van der Waals surface area (Å²) >= 11 is 6.40. The molecule has 0 aliphatic carbocycles. The Labute approximate surface area is 246 Å². The van der Waals surface area contributed by atoms with Gasteiger partial charge in [-0.25, -0.2) is 12.8 Å². The molecule has 0 radical (unpaired) electrons. The Morgan fingerprint density at radius 2 is 1.61 bits per heavy atom. The Morgan fingerprint density at radius 3 is 2.17 bits per heavy atom. The zero-order valence-corrected chi connectivity index (χ0v) is 25.1. The van der Waals surface area contributed by atoms with Crippen LogP contribution < -0.4 is 14.4 Å². The number of amides is 2. The fraction of sp³-hybridized carbons (Fsp3) is 0.333. The van der Waals surface area contributed by atoms with E-state index in [2.05, 4.69) is 5.32 Å². The summed E-state index contributed by atoms with van der Waals surface area (Å²) in [5.74, 6) is -1.07. The maximum Gasteiger partial charge on any atom is 0.264 e. The van der Waals surface area contributed by atoms with E-state index in [1.54, 1.807) is 31.2 Å². The van der Waals surface area contributed by atoms with E-state index in [9.17, 15) is 22.4 Å². The molecule has 0 aliphatic rings. The normalized spacial score (nSPS) is 12.1. The fourth-order valence-corrected chi connectivity index (χ4v) is 5.86. The summed E-state index contributed by atoms with van der Waals surface area (Å²) in [6.07, 6.45) is 0.275. The summed E-state index contributed by atoms with van der Waals surface area (Å²) in [6.45, 7) is 6.94. The first-order valence-corrected chi connectivity index (χ1v) is 15.1.